The summed E-state index contributed by atoms with van der Waals surface area (Å²) in [6.45, 7) is 2.17. The number of unbranched alkanes of at least 4 members (excludes halogenated alkanes) is 9. The number of rotatable bonds is 11. The number of halogens is 3. The molecule has 0 aliphatic heterocycles. The van der Waals surface area contributed by atoms with Crippen molar-refractivity contribution in [1.82, 2.24) is 0 Å². The predicted molar refractivity (Wildman–Crippen MR) is 73.6 cm³/mol. The molecule has 0 spiro atoms. The molecule has 0 rings (SSSR count). The van der Waals surface area contributed by atoms with Crippen LogP contribution in [-0.4, -0.2) is 17.3 Å². The van der Waals surface area contributed by atoms with Crippen LogP contribution in [0.2, 0.25) is 0 Å². The maximum absolute atomic E-state index is 12.3. The van der Waals surface area contributed by atoms with Crippen LogP contribution in [0.4, 0.5) is 13.2 Å². The minimum absolute atomic E-state index is 0.178. The molecule has 0 saturated heterocycles. The molecule has 20 heavy (non-hydrogen) atoms. The molecule has 0 aliphatic rings. The molecule has 118 valence electrons. The molecule has 5 heteroatoms. The summed E-state index contributed by atoms with van der Waals surface area (Å²) in [6.07, 6.45) is 5.95. The molecule has 0 aromatic rings. The number of hydrogen-bond donors (Lipinski definition) is 1. The molecular formula is C15H25F3O2. The lowest BCUT2D eigenvalue weighted by atomic mass is 10.1. The van der Waals surface area contributed by atoms with Gasteiger partial charge < -0.3 is 5.11 Å². The SMILES string of the molecule is CCCCCCCCCCC/C=C(\C(=O)O)C(F)(F)F. The van der Waals surface area contributed by atoms with Crippen molar-refractivity contribution >= 4 is 5.97 Å². The predicted octanol–water partition coefficient (Wildman–Crippen LogP) is 5.48. The van der Waals surface area contributed by atoms with E-state index >= 15 is 0 Å². The van der Waals surface area contributed by atoms with E-state index in [1.165, 1.54) is 32.1 Å². The van der Waals surface area contributed by atoms with E-state index < -0.39 is 17.7 Å². The first-order chi connectivity index (χ1) is 9.39. The third-order valence-corrected chi connectivity index (χ3v) is 3.19. The Morgan fingerprint density at radius 2 is 1.40 bits per heavy atom. The second-order valence-electron chi connectivity index (χ2n) is 5.04. The Balaban J connectivity index is 3.67. The average Bonchev–Trinajstić information content (AvgIpc) is 2.34. The zero-order valence-corrected chi connectivity index (χ0v) is 12.1. The lowest BCUT2D eigenvalue weighted by molar-refractivity contribution is -0.144. The Morgan fingerprint density at radius 3 is 1.80 bits per heavy atom. The topological polar surface area (TPSA) is 37.3 Å². The molecular weight excluding hydrogens is 269 g/mol. The van der Waals surface area contributed by atoms with Gasteiger partial charge in [-0.25, -0.2) is 4.79 Å². The summed E-state index contributed by atoms with van der Waals surface area (Å²) >= 11 is 0. The van der Waals surface area contributed by atoms with Crippen LogP contribution in [0.5, 0.6) is 0 Å². The van der Waals surface area contributed by atoms with E-state index in [1.54, 1.807) is 0 Å². The van der Waals surface area contributed by atoms with Crippen molar-refractivity contribution in [2.45, 2.75) is 77.3 Å². The number of carboxylic acid groups (broad SMARTS) is 1. The molecule has 0 fully saturated rings. The van der Waals surface area contributed by atoms with Crippen molar-refractivity contribution in [2.75, 3.05) is 0 Å². The van der Waals surface area contributed by atoms with Crippen molar-refractivity contribution in [2.24, 2.45) is 0 Å². The molecule has 0 aliphatic carbocycles. The van der Waals surface area contributed by atoms with Crippen LogP contribution in [0, 0.1) is 0 Å². The molecule has 0 amide bonds. The van der Waals surface area contributed by atoms with Gasteiger partial charge in [0.05, 0.1) is 0 Å². The summed E-state index contributed by atoms with van der Waals surface area (Å²) in [5.74, 6) is -1.89. The number of allylic oxidation sites excluding steroid dienone is 1. The number of aliphatic carboxylic acids is 1. The number of hydrogen-bond acceptors (Lipinski definition) is 1. The molecule has 0 atom stereocenters. The van der Waals surface area contributed by atoms with E-state index in [0.29, 0.717) is 6.42 Å². The normalized spacial score (nSPS) is 12.7. The van der Waals surface area contributed by atoms with Crippen LogP contribution in [0.25, 0.3) is 0 Å². The third-order valence-electron chi connectivity index (χ3n) is 3.19. The first-order valence-electron chi connectivity index (χ1n) is 7.40. The Kier molecular flexibility index (Phi) is 10.2. The van der Waals surface area contributed by atoms with E-state index in [9.17, 15) is 18.0 Å². The van der Waals surface area contributed by atoms with Gasteiger partial charge in [0, 0.05) is 0 Å². The highest BCUT2D eigenvalue weighted by molar-refractivity contribution is 5.87. The van der Waals surface area contributed by atoms with Gasteiger partial charge >= 0.3 is 12.1 Å². The van der Waals surface area contributed by atoms with Crippen LogP contribution < -0.4 is 0 Å². The van der Waals surface area contributed by atoms with Crippen molar-refractivity contribution in [3.63, 3.8) is 0 Å². The van der Waals surface area contributed by atoms with Crippen LogP contribution in [0.1, 0.15) is 71.1 Å². The van der Waals surface area contributed by atoms with Crippen LogP contribution in [-0.2, 0) is 4.79 Å². The van der Waals surface area contributed by atoms with Crippen molar-refractivity contribution in [3.8, 4) is 0 Å². The molecule has 0 heterocycles. The summed E-state index contributed by atoms with van der Waals surface area (Å²) in [4.78, 5) is 10.4. The van der Waals surface area contributed by atoms with Gasteiger partial charge in [-0.2, -0.15) is 13.2 Å². The number of carboxylic acids is 1. The van der Waals surface area contributed by atoms with Crippen molar-refractivity contribution in [1.29, 1.82) is 0 Å². The number of alkyl halides is 3. The Morgan fingerprint density at radius 1 is 0.950 bits per heavy atom. The van der Waals surface area contributed by atoms with Gasteiger partial charge in [0.1, 0.15) is 5.57 Å². The summed E-state index contributed by atoms with van der Waals surface area (Å²) in [5, 5.41) is 8.46. The smallest absolute Gasteiger partial charge is 0.423 e. The Hall–Kier alpha value is -1.00. The molecule has 0 radical (unpaired) electrons. The molecule has 0 bridgehead atoms. The van der Waals surface area contributed by atoms with Crippen molar-refractivity contribution < 1.29 is 23.1 Å². The van der Waals surface area contributed by atoms with E-state index in [2.05, 4.69) is 6.92 Å². The maximum Gasteiger partial charge on any atom is 0.423 e. The van der Waals surface area contributed by atoms with Crippen LogP contribution in [0.15, 0.2) is 11.6 Å². The fourth-order valence-electron chi connectivity index (χ4n) is 2.03. The number of carbonyl (C=O) groups is 1. The van der Waals surface area contributed by atoms with Gasteiger partial charge in [0.2, 0.25) is 0 Å². The lowest BCUT2D eigenvalue weighted by Crippen LogP contribution is -2.19. The Bertz CT molecular complexity index is 296. The second kappa shape index (κ2) is 10.7. The fraction of sp³-hybridized carbons (Fsp3) is 0.800. The van der Waals surface area contributed by atoms with Gasteiger partial charge in [-0.05, 0) is 12.8 Å². The van der Waals surface area contributed by atoms with Gasteiger partial charge in [0.15, 0.2) is 0 Å². The highest BCUT2D eigenvalue weighted by Crippen LogP contribution is 2.26. The first kappa shape index (κ1) is 19.0. The first-order valence-corrected chi connectivity index (χ1v) is 7.40. The molecule has 1 N–H and O–H groups in total. The van der Waals surface area contributed by atoms with Gasteiger partial charge in [-0.1, -0.05) is 64.4 Å². The van der Waals surface area contributed by atoms with E-state index in [-0.39, 0.29) is 6.42 Å². The third kappa shape index (κ3) is 9.87. The Labute approximate surface area is 119 Å². The van der Waals surface area contributed by atoms with E-state index in [1.807, 2.05) is 0 Å². The van der Waals surface area contributed by atoms with Crippen LogP contribution in [0.3, 0.4) is 0 Å². The fourth-order valence-corrected chi connectivity index (χ4v) is 2.03. The largest absolute Gasteiger partial charge is 0.478 e. The molecule has 0 unspecified atom stereocenters. The monoisotopic (exact) mass is 294 g/mol. The molecule has 0 aromatic carbocycles. The zero-order valence-electron chi connectivity index (χ0n) is 12.1. The highest BCUT2D eigenvalue weighted by atomic mass is 19.4. The summed E-state index contributed by atoms with van der Waals surface area (Å²) in [7, 11) is 0. The van der Waals surface area contributed by atoms with E-state index in [0.717, 1.165) is 25.3 Å². The van der Waals surface area contributed by atoms with E-state index in [4.69, 9.17) is 5.11 Å². The zero-order chi connectivity index (χ0) is 15.4. The standard InChI is InChI=1S/C15H25F3O2/c1-2-3-4-5-6-7-8-9-10-11-12-13(14(19)20)15(16,17)18/h12H,2-11H2,1H3,(H,19,20)/b13-12+. The average molecular weight is 294 g/mol. The van der Waals surface area contributed by atoms with Gasteiger partial charge in [0.25, 0.3) is 0 Å². The highest BCUT2D eigenvalue weighted by Gasteiger charge is 2.38. The molecule has 0 aromatic heterocycles. The molecule has 0 saturated carbocycles. The summed E-state index contributed by atoms with van der Waals surface area (Å²) < 4.78 is 36.9. The van der Waals surface area contributed by atoms with Gasteiger partial charge in [-0.15, -0.1) is 0 Å². The minimum atomic E-state index is -4.76. The quantitative estimate of drug-likeness (QED) is 0.404. The maximum atomic E-state index is 12.3. The van der Waals surface area contributed by atoms with Crippen LogP contribution >= 0.6 is 0 Å². The summed E-state index contributed by atoms with van der Waals surface area (Å²) in [6, 6.07) is 0. The second-order valence-corrected chi connectivity index (χ2v) is 5.04. The lowest BCUT2D eigenvalue weighted by Gasteiger charge is -2.06. The van der Waals surface area contributed by atoms with Crippen molar-refractivity contribution in [3.05, 3.63) is 11.6 Å². The molecule has 2 nitrogen and oxygen atoms in total. The minimum Gasteiger partial charge on any atom is -0.478 e. The van der Waals surface area contributed by atoms with Gasteiger partial charge in [-0.3, -0.25) is 0 Å². The summed E-state index contributed by atoms with van der Waals surface area (Å²) in [5.41, 5.74) is -1.45.